The van der Waals surface area contributed by atoms with E-state index in [-0.39, 0.29) is 11.6 Å². The largest absolute Gasteiger partial charge is 0.289 e. The summed E-state index contributed by atoms with van der Waals surface area (Å²) < 4.78 is 2.04. The van der Waals surface area contributed by atoms with Crippen LogP contribution >= 0.6 is 22.7 Å². The number of ketones is 2. The molecule has 0 saturated heterocycles. The van der Waals surface area contributed by atoms with Crippen LogP contribution in [0.1, 0.15) is 54.1 Å². The average molecular weight is 709 g/mol. The highest BCUT2D eigenvalue weighted by Crippen LogP contribution is 2.35. The van der Waals surface area contributed by atoms with Crippen LogP contribution < -0.4 is 10.9 Å². The molecule has 2 heterocycles. The molecular weight excluding hydrogens is 685 g/mol. The number of nitrogens with one attached hydrogen (secondary N) is 2. The number of hydrogen-bond donors (Lipinski definition) is 2. The molecule has 52 heavy (non-hydrogen) atoms. The van der Waals surface area contributed by atoms with E-state index in [1.807, 2.05) is 109 Å². The van der Waals surface area contributed by atoms with Crippen LogP contribution in [0.2, 0.25) is 0 Å². The third-order valence-electron chi connectivity index (χ3n) is 9.34. The first-order valence-corrected chi connectivity index (χ1v) is 18.2. The Labute approximate surface area is 304 Å². The van der Waals surface area contributed by atoms with Crippen molar-refractivity contribution in [1.29, 1.82) is 0 Å². The smallest absolute Gasteiger partial charge is 0.204 e. The van der Waals surface area contributed by atoms with Crippen LogP contribution in [0.25, 0.3) is 31.6 Å². The normalized spacial score (nSPS) is 13.0. The molecule has 0 unspecified atom stereocenters. The van der Waals surface area contributed by atoms with Crippen molar-refractivity contribution in [3.8, 4) is 11.1 Å². The van der Waals surface area contributed by atoms with Crippen LogP contribution in [0.4, 0.5) is 10.3 Å². The summed E-state index contributed by atoms with van der Waals surface area (Å²) >= 11 is 3.05. The van der Waals surface area contributed by atoms with Crippen LogP contribution in [-0.4, -0.2) is 33.0 Å². The number of anilines is 2. The Balaban J connectivity index is 0.929. The Morgan fingerprint density at radius 2 is 0.750 bits per heavy atom. The van der Waals surface area contributed by atoms with E-state index in [2.05, 4.69) is 35.1 Å². The maximum Gasteiger partial charge on any atom is 0.204 e. The minimum absolute atomic E-state index is 0.00572. The van der Waals surface area contributed by atoms with Gasteiger partial charge in [-0.25, -0.2) is 9.97 Å². The zero-order valence-electron chi connectivity index (χ0n) is 27.1. The summed E-state index contributed by atoms with van der Waals surface area (Å²) in [6, 6.07) is 42.8. The van der Waals surface area contributed by atoms with Crippen molar-refractivity contribution in [2.45, 2.75) is 0 Å². The Morgan fingerprint density at radius 1 is 0.423 bits per heavy atom. The summed E-state index contributed by atoms with van der Waals surface area (Å²) in [6.45, 7) is 0. The lowest BCUT2D eigenvalue weighted by Crippen LogP contribution is -2.22. The van der Waals surface area contributed by atoms with Gasteiger partial charge in [0.2, 0.25) is 10.3 Å². The molecule has 0 aliphatic heterocycles. The minimum Gasteiger partial charge on any atom is -0.289 e. The summed E-state index contributed by atoms with van der Waals surface area (Å²) in [5.41, 5.74) is 17.4. The van der Waals surface area contributed by atoms with Gasteiger partial charge in [0.25, 0.3) is 0 Å². The molecule has 2 aromatic heterocycles. The third-order valence-corrected chi connectivity index (χ3v) is 11.2. The van der Waals surface area contributed by atoms with Gasteiger partial charge in [0.15, 0.2) is 11.6 Å². The number of carbonyl (C=O) groups is 2. The number of nitrogens with zero attached hydrogens (tertiary/aromatic N) is 4. The van der Waals surface area contributed by atoms with Gasteiger partial charge in [0.05, 0.1) is 31.9 Å². The van der Waals surface area contributed by atoms with E-state index >= 15 is 0 Å². The molecule has 2 N–H and O–H groups in total. The van der Waals surface area contributed by atoms with Crippen LogP contribution in [-0.2, 0) is 0 Å². The second-order valence-corrected chi connectivity index (χ2v) is 14.4. The molecular formula is C42H24N6O2S2. The molecule has 246 valence electrons. The molecule has 0 radical (unpaired) electrons. The monoisotopic (exact) mass is 708 g/mol. The van der Waals surface area contributed by atoms with Crippen LogP contribution in [0.15, 0.2) is 144 Å². The van der Waals surface area contributed by atoms with Gasteiger partial charge in [-0.3, -0.25) is 20.4 Å². The summed E-state index contributed by atoms with van der Waals surface area (Å²) in [6.07, 6.45) is 0. The van der Waals surface area contributed by atoms with Crippen LogP contribution in [0.5, 0.6) is 0 Å². The van der Waals surface area contributed by atoms with Crippen molar-refractivity contribution >= 4 is 76.4 Å². The SMILES string of the molecule is O=C1c2ccccc2C(=NNc2nc3ccc(-c4ccc5nc(NN=C6c7ccccc7C(=O)c7ccccc76)sc5c4)cc3s2)c2ccccc21. The van der Waals surface area contributed by atoms with Gasteiger partial charge in [-0.05, 0) is 35.4 Å². The van der Waals surface area contributed by atoms with Crippen LogP contribution in [0.3, 0.4) is 0 Å². The molecule has 8 nitrogen and oxygen atoms in total. The van der Waals surface area contributed by atoms with Crippen molar-refractivity contribution in [3.63, 3.8) is 0 Å². The quantitative estimate of drug-likeness (QED) is 0.173. The van der Waals surface area contributed by atoms with E-state index < -0.39 is 0 Å². The lowest BCUT2D eigenvalue weighted by atomic mass is 9.84. The fraction of sp³-hybridized carbons (Fsp3) is 0. The molecule has 0 amide bonds. The van der Waals surface area contributed by atoms with E-state index in [4.69, 9.17) is 20.2 Å². The fourth-order valence-electron chi connectivity index (χ4n) is 6.88. The number of rotatable bonds is 5. The average Bonchev–Trinajstić information content (AvgIpc) is 3.81. The zero-order chi connectivity index (χ0) is 34.8. The molecule has 10 heteroatoms. The number of hydrogen-bond acceptors (Lipinski definition) is 10. The minimum atomic E-state index is 0.00572. The van der Waals surface area contributed by atoms with E-state index in [1.165, 1.54) is 22.7 Å². The Morgan fingerprint density at radius 3 is 1.10 bits per heavy atom. The van der Waals surface area contributed by atoms with E-state index in [0.29, 0.717) is 43.9 Å². The summed E-state index contributed by atoms with van der Waals surface area (Å²) in [5, 5.41) is 10.9. The topological polar surface area (TPSA) is 109 Å². The summed E-state index contributed by atoms with van der Waals surface area (Å²) in [4.78, 5) is 35.8. The highest BCUT2D eigenvalue weighted by atomic mass is 32.1. The first kappa shape index (κ1) is 30.2. The number of carbonyl (C=O) groups excluding carboxylic acids is 2. The highest BCUT2D eigenvalue weighted by Gasteiger charge is 2.29. The van der Waals surface area contributed by atoms with Crippen molar-refractivity contribution in [2.75, 3.05) is 10.9 Å². The predicted octanol–water partition coefficient (Wildman–Crippen LogP) is 9.39. The van der Waals surface area contributed by atoms with Gasteiger partial charge in [0.1, 0.15) is 0 Å². The van der Waals surface area contributed by atoms with Crippen molar-refractivity contribution < 1.29 is 9.59 Å². The molecule has 2 aliphatic carbocycles. The molecule has 0 fully saturated rings. The highest BCUT2D eigenvalue weighted by molar-refractivity contribution is 7.22. The number of benzene rings is 6. The van der Waals surface area contributed by atoms with Crippen molar-refractivity contribution in [2.24, 2.45) is 10.2 Å². The first-order chi connectivity index (χ1) is 25.6. The van der Waals surface area contributed by atoms with Crippen molar-refractivity contribution in [1.82, 2.24) is 9.97 Å². The Hall–Kier alpha value is -6.62. The van der Waals surface area contributed by atoms with E-state index in [9.17, 15) is 9.59 Å². The third kappa shape index (κ3) is 4.96. The first-order valence-electron chi connectivity index (χ1n) is 16.5. The number of fused-ring (bicyclic) bond motifs is 6. The van der Waals surface area contributed by atoms with Gasteiger partial charge in [-0.2, -0.15) is 10.2 Å². The van der Waals surface area contributed by atoms with Gasteiger partial charge in [0, 0.05) is 44.5 Å². The molecule has 0 saturated carbocycles. The molecule has 0 atom stereocenters. The molecule has 2 aliphatic rings. The van der Waals surface area contributed by atoms with Crippen molar-refractivity contribution in [3.05, 3.63) is 178 Å². The van der Waals surface area contributed by atoms with Gasteiger partial charge in [-0.15, -0.1) is 0 Å². The number of thiazole rings is 2. The Bertz CT molecular complexity index is 2570. The Kier molecular flexibility index (Phi) is 6.98. The summed E-state index contributed by atoms with van der Waals surface area (Å²) in [7, 11) is 0. The van der Waals surface area contributed by atoms with Crippen LogP contribution in [0, 0.1) is 0 Å². The second kappa shape index (κ2) is 12.0. The maximum atomic E-state index is 13.1. The predicted molar refractivity (Wildman–Crippen MR) is 209 cm³/mol. The zero-order valence-corrected chi connectivity index (χ0v) is 28.8. The fourth-order valence-corrected chi connectivity index (χ4v) is 8.58. The van der Waals surface area contributed by atoms with E-state index in [1.54, 1.807) is 0 Å². The second-order valence-electron chi connectivity index (χ2n) is 12.4. The lowest BCUT2D eigenvalue weighted by Gasteiger charge is -2.20. The number of aromatic nitrogens is 2. The molecule has 0 spiro atoms. The van der Waals surface area contributed by atoms with Gasteiger partial charge < -0.3 is 0 Å². The van der Waals surface area contributed by atoms with Gasteiger partial charge in [-0.1, -0.05) is 132 Å². The summed E-state index contributed by atoms with van der Waals surface area (Å²) in [5.74, 6) is 0.0114. The van der Waals surface area contributed by atoms with Gasteiger partial charge >= 0.3 is 0 Å². The standard InChI is InChI=1S/C42H24N6O2S2/c49-39-29-13-5-1-9-25(29)37(26-10-2-6-14-30(26)39)45-47-41-43-33-19-17-23(21-35(33)51-41)24-18-20-34-36(22-24)52-42(44-34)48-46-38-27-11-3-7-15-31(27)40(50)32-16-8-4-12-28(32)38/h1-22H,(H,43,47)(H,44,48). The molecule has 0 bridgehead atoms. The molecule has 8 aromatic rings. The van der Waals surface area contributed by atoms with E-state index in [0.717, 1.165) is 53.8 Å². The maximum absolute atomic E-state index is 13.1. The molecule has 10 rings (SSSR count). The molecule has 6 aromatic carbocycles. The lowest BCUT2D eigenvalue weighted by molar-refractivity contribution is 0.102. The number of hydrazone groups is 2.